The van der Waals surface area contributed by atoms with E-state index in [0.29, 0.717) is 6.54 Å². The Bertz CT molecular complexity index is 548. The second kappa shape index (κ2) is 3.89. The first-order valence-electron chi connectivity index (χ1n) is 5.76. The van der Waals surface area contributed by atoms with E-state index in [2.05, 4.69) is 4.98 Å². The van der Waals surface area contributed by atoms with Gasteiger partial charge in [0.15, 0.2) is 0 Å². The molecule has 1 aliphatic heterocycles. The molecule has 88 valence electrons. The monoisotopic (exact) mass is 230 g/mol. The first-order chi connectivity index (χ1) is 8.24. The van der Waals surface area contributed by atoms with Crippen LogP contribution in [0.25, 0.3) is 11.3 Å². The van der Waals surface area contributed by atoms with Crippen molar-refractivity contribution in [3.63, 3.8) is 0 Å². The summed E-state index contributed by atoms with van der Waals surface area (Å²) in [6, 6.07) is 7.17. The number of rotatable bonds is 1. The highest BCUT2D eigenvalue weighted by Crippen LogP contribution is 2.29. The highest BCUT2D eigenvalue weighted by molar-refractivity contribution is 5.66. The zero-order valence-electron chi connectivity index (χ0n) is 9.37. The second-order valence-electron chi connectivity index (χ2n) is 4.40. The number of phenols is 1. The van der Waals surface area contributed by atoms with Crippen LogP contribution in [0.5, 0.6) is 5.75 Å². The quantitative estimate of drug-likeness (QED) is 0.781. The molecule has 0 aliphatic carbocycles. The number of para-hydroxylation sites is 1. The van der Waals surface area contributed by atoms with Crippen LogP contribution in [0.4, 0.5) is 0 Å². The molecule has 0 amide bonds. The lowest BCUT2D eigenvalue weighted by Gasteiger charge is -2.18. The van der Waals surface area contributed by atoms with Gasteiger partial charge < -0.3 is 14.8 Å². The van der Waals surface area contributed by atoms with Crippen molar-refractivity contribution in [1.82, 2.24) is 9.55 Å². The summed E-state index contributed by atoms with van der Waals surface area (Å²) in [5, 5.41) is 19.4. The van der Waals surface area contributed by atoms with Crippen LogP contribution in [0, 0.1) is 0 Å². The van der Waals surface area contributed by atoms with Crippen LogP contribution in [-0.4, -0.2) is 25.9 Å². The zero-order chi connectivity index (χ0) is 11.8. The van der Waals surface area contributed by atoms with Gasteiger partial charge in [0.05, 0.1) is 11.8 Å². The third kappa shape index (κ3) is 1.80. The summed E-state index contributed by atoms with van der Waals surface area (Å²) in [5.74, 6) is 1.22. The average Bonchev–Trinajstić information content (AvgIpc) is 2.72. The van der Waals surface area contributed by atoms with Crippen LogP contribution < -0.4 is 0 Å². The van der Waals surface area contributed by atoms with Crippen molar-refractivity contribution in [2.75, 3.05) is 0 Å². The van der Waals surface area contributed by atoms with E-state index >= 15 is 0 Å². The lowest BCUT2D eigenvalue weighted by molar-refractivity contribution is 0.130. The lowest BCUT2D eigenvalue weighted by atomic mass is 10.1. The molecule has 2 aromatic rings. The van der Waals surface area contributed by atoms with Crippen LogP contribution in [0.3, 0.4) is 0 Å². The molecule has 2 N–H and O–H groups in total. The maximum Gasteiger partial charge on any atom is 0.125 e. The van der Waals surface area contributed by atoms with Gasteiger partial charge in [-0.15, -0.1) is 0 Å². The molecule has 1 aromatic heterocycles. The Morgan fingerprint density at radius 3 is 2.94 bits per heavy atom. The van der Waals surface area contributed by atoms with E-state index in [0.717, 1.165) is 29.9 Å². The molecule has 0 fully saturated rings. The fraction of sp³-hybridized carbons (Fsp3) is 0.308. The van der Waals surface area contributed by atoms with Crippen molar-refractivity contribution < 1.29 is 10.2 Å². The van der Waals surface area contributed by atoms with E-state index in [4.69, 9.17) is 0 Å². The number of aryl methyl sites for hydroxylation is 1. The first-order valence-corrected chi connectivity index (χ1v) is 5.76. The smallest absolute Gasteiger partial charge is 0.125 e. The standard InChI is InChI=1S/C13H14N2O2/c16-9-5-6-13-14-11(8-15(13)7-9)10-3-1-2-4-12(10)17/h1-4,8-9,16-17H,5-7H2. The van der Waals surface area contributed by atoms with Crippen molar-refractivity contribution in [1.29, 1.82) is 0 Å². The van der Waals surface area contributed by atoms with Crippen LogP contribution in [0.15, 0.2) is 30.5 Å². The SMILES string of the molecule is Oc1ccccc1-c1cn2c(n1)CCC(O)C2. The van der Waals surface area contributed by atoms with E-state index in [1.807, 2.05) is 22.9 Å². The summed E-state index contributed by atoms with van der Waals surface area (Å²) in [4.78, 5) is 4.51. The molecule has 0 saturated heterocycles. The molecule has 2 heterocycles. The number of aliphatic hydroxyl groups excluding tert-OH is 1. The Labute approximate surface area is 99.2 Å². The number of aliphatic hydroxyl groups is 1. The largest absolute Gasteiger partial charge is 0.507 e. The topological polar surface area (TPSA) is 58.3 Å². The molecule has 0 saturated carbocycles. The highest BCUT2D eigenvalue weighted by atomic mass is 16.3. The highest BCUT2D eigenvalue weighted by Gasteiger charge is 2.19. The average molecular weight is 230 g/mol. The molecule has 1 aliphatic rings. The van der Waals surface area contributed by atoms with Crippen LogP contribution in [0.1, 0.15) is 12.2 Å². The van der Waals surface area contributed by atoms with Gasteiger partial charge in [-0.05, 0) is 18.6 Å². The van der Waals surface area contributed by atoms with Crippen molar-refractivity contribution in [2.24, 2.45) is 0 Å². The molecule has 1 aromatic carbocycles. The van der Waals surface area contributed by atoms with Crippen molar-refractivity contribution >= 4 is 0 Å². The molecular formula is C13H14N2O2. The minimum absolute atomic E-state index is 0.239. The Morgan fingerprint density at radius 1 is 1.29 bits per heavy atom. The van der Waals surface area contributed by atoms with E-state index in [9.17, 15) is 10.2 Å². The summed E-state index contributed by atoms with van der Waals surface area (Å²) in [6.45, 7) is 0.593. The van der Waals surface area contributed by atoms with Crippen LogP contribution >= 0.6 is 0 Å². The fourth-order valence-electron chi connectivity index (χ4n) is 2.25. The Morgan fingerprint density at radius 2 is 2.12 bits per heavy atom. The first kappa shape index (κ1) is 10.4. The maximum atomic E-state index is 9.78. The van der Waals surface area contributed by atoms with E-state index in [1.165, 1.54) is 0 Å². The third-order valence-corrected chi connectivity index (χ3v) is 3.15. The minimum atomic E-state index is -0.283. The van der Waals surface area contributed by atoms with Gasteiger partial charge in [0.25, 0.3) is 0 Å². The Balaban J connectivity index is 2.03. The van der Waals surface area contributed by atoms with Gasteiger partial charge in [-0.2, -0.15) is 0 Å². The third-order valence-electron chi connectivity index (χ3n) is 3.15. The van der Waals surface area contributed by atoms with Crippen LogP contribution in [0.2, 0.25) is 0 Å². The predicted octanol–water partition coefficient (Wildman–Crippen LogP) is 1.56. The zero-order valence-corrected chi connectivity index (χ0v) is 9.37. The summed E-state index contributed by atoms with van der Waals surface area (Å²) in [6.07, 6.45) is 3.16. The predicted molar refractivity (Wildman–Crippen MR) is 63.7 cm³/mol. The molecule has 0 spiro atoms. The Hall–Kier alpha value is -1.81. The maximum absolute atomic E-state index is 9.78. The molecule has 3 rings (SSSR count). The molecule has 4 nitrogen and oxygen atoms in total. The Kier molecular flexibility index (Phi) is 2.37. The summed E-state index contributed by atoms with van der Waals surface area (Å²) in [5.41, 5.74) is 1.51. The number of hydrogen-bond acceptors (Lipinski definition) is 3. The number of benzene rings is 1. The van der Waals surface area contributed by atoms with Crippen molar-refractivity contribution in [3.8, 4) is 17.0 Å². The van der Waals surface area contributed by atoms with Crippen LogP contribution in [-0.2, 0) is 13.0 Å². The van der Waals surface area contributed by atoms with Gasteiger partial charge >= 0.3 is 0 Å². The number of fused-ring (bicyclic) bond motifs is 1. The van der Waals surface area contributed by atoms with Crippen molar-refractivity contribution in [2.45, 2.75) is 25.5 Å². The van der Waals surface area contributed by atoms with Crippen molar-refractivity contribution in [3.05, 3.63) is 36.3 Å². The number of aromatic hydroxyl groups is 1. The van der Waals surface area contributed by atoms with Gasteiger partial charge in [0, 0.05) is 24.7 Å². The molecular weight excluding hydrogens is 216 g/mol. The molecule has 4 heteroatoms. The summed E-state index contributed by atoms with van der Waals surface area (Å²) < 4.78 is 1.97. The fourth-order valence-corrected chi connectivity index (χ4v) is 2.25. The van der Waals surface area contributed by atoms with Gasteiger partial charge in [-0.3, -0.25) is 0 Å². The minimum Gasteiger partial charge on any atom is -0.507 e. The van der Waals surface area contributed by atoms with Gasteiger partial charge in [0.1, 0.15) is 11.6 Å². The van der Waals surface area contributed by atoms with E-state index in [-0.39, 0.29) is 11.9 Å². The number of nitrogens with zero attached hydrogens (tertiary/aromatic N) is 2. The van der Waals surface area contributed by atoms with E-state index < -0.39 is 0 Å². The molecule has 0 radical (unpaired) electrons. The van der Waals surface area contributed by atoms with Gasteiger partial charge in [-0.1, -0.05) is 12.1 Å². The summed E-state index contributed by atoms with van der Waals surface area (Å²) in [7, 11) is 0. The molecule has 17 heavy (non-hydrogen) atoms. The normalized spacial score (nSPS) is 19.0. The number of imidazole rings is 1. The lowest BCUT2D eigenvalue weighted by Crippen LogP contribution is -2.23. The van der Waals surface area contributed by atoms with Gasteiger partial charge in [0.2, 0.25) is 0 Å². The van der Waals surface area contributed by atoms with E-state index in [1.54, 1.807) is 12.1 Å². The van der Waals surface area contributed by atoms with Gasteiger partial charge in [-0.25, -0.2) is 4.98 Å². The number of hydrogen-bond donors (Lipinski definition) is 2. The second-order valence-corrected chi connectivity index (χ2v) is 4.40. The number of phenolic OH excluding ortho intramolecular Hbond substituents is 1. The molecule has 0 bridgehead atoms. The summed E-state index contributed by atoms with van der Waals surface area (Å²) >= 11 is 0. The molecule has 1 atom stereocenters. The number of aromatic nitrogens is 2. The molecule has 1 unspecified atom stereocenters.